The quantitative estimate of drug-likeness (QED) is 0.0463. The number of aliphatic hydroxyl groups is 8. The number of nitrogens with zero attached hydrogens (tertiary/aromatic N) is 4. The van der Waals surface area contributed by atoms with Crippen molar-refractivity contribution in [3.8, 4) is 0 Å². The van der Waals surface area contributed by atoms with Crippen molar-refractivity contribution in [2.24, 2.45) is 28.2 Å². The molecule has 0 bridgehead atoms. The zero-order valence-corrected chi connectivity index (χ0v) is 48.9. The van der Waals surface area contributed by atoms with Crippen molar-refractivity contribution in [2.45, 2.75) is 120 Å². The van der Waals surface area contributed by atoms with E-state index in [0.29, 0.717) is 0 Å². The van der Waals surface area contributed by atoms with Crippen molar-refractivity contribution >= 4 is 31.3 Å². The number of aromatic amines is 4. The Bertz CT molecular complexity index is 3750. The zero-order chi connectivity index (χ0) is 66.6. The van der Waals surface area contributed by atoms with Crippen LogP contribution in [0.15, 0.2) is 63.1 Å². The maximum atomic E-state index is 12.1. The largest absolute Gasteiger partial charge is 0.469 e. The van der Waals surface area contributed by atoms with Crippen LogP contribution in [0.3, 0.4) is 0 Å². The first-order valence-corrected chi connectivity index (χ1v) is 30.6. The van der Waals surface area contributed by atoms with Gasteiger partial charge in [-0.25, -0.2) is 37.4 Å². The smallest absolute Gasteiger partial charge is 0.387 e. The van der Waals surface area contributed by atoms with E-state index in [2.05, 4.69) is 28.1 Å². The Morgan fingerprint density at radius 3 is 1.08 bits per heavy atom. The highest BCUT2D eigenvalue weighted by molar-refractivity contribution is 7.47. The van der Waals surface area contributed by atoms with Crippen LogP contribution in [0.5, 0.6) is 0 Å². The van der Waals surface area contributed by atoms with Crippen molar-refractivity contribution in [1.29, 1.82) is 0 Å². The first-order valence-electron chi connectivity index (χ1n) is 24.5. The van der Waals surface area contributed by atoms with Crippen molar-refractivity contribution in [3.05, 3.63) is 130 Å². The van der Waals surface area contributed by atoms with E-state index in [1.807, 2.05) is 9.97 Å². The number of aryl methyl sites for hydroxylation is 2. The fraction of sp³-hybridized carbons (Fsp3) is 0.628. The lowest BCUT2D eigenvalue weighted by Crippen LogP contribution is -2.40. The second-order valence-electron chi connectivity index (χ2n) is 19.2. The van der Waals surface area contributed by atoms with Gasteiger partial charge in [-0.3, -0.25) is 56.4 Å². The van der Waals surface area contributed by atoms with Gasteiger partial charge in [-0.15, -0.1) is 0 Å². The highest BCUT2D eigenvalue weighted by Crippen LogP contribution is 2.42. The average molecular weight is 1400 g/mol. The normalized spacial score (nSPS) is 28.0. The molecular weight excluding hydrogens is 1330 g/mol. The molecule has 4 aromatic rings. The number of ether oxygens (including phenoxy) is 4. The average Bonchev–Trinajstić information content (AvgIpc) is 1.83. The first kappa shape index (κ1) is 81.8. The molecule has 4 aliphatic heterocycles. The number of hydrogen-bond donors (Lipinski definition) is 20. The standard InChI is InChI=1S/C11H17N2O9P.2C10H15N2O9P.C9H13N2O9P.3CH4/c1-12-3-5(10(16)13(2)11(12)17)9-8(15)7(14)6(22-9)4-21-23(18,19)20;1-12-2-4(9(15)11-10(12)16)8-7(14)6(13)5(21-8)3-20-22(17,18)19;1-12-9(15)4(2-11-10(12)16)8-7(14)6(13)5(21-8)3-20-22(17,18)19;12-5-4(2-19-21(16,17)18)20-7(6(5)13)3-1-10-9(15)11-8(3)14;;;/h3,6-9,14-15H,4H2,1-2H3,(H2,18,19,20);2,5-8,13-14H,3H2,1H3,(H,11,15,16)(H2,17,18,19);2,5-8,13-14H,3H2,1H3,(H,11,16)(H2,17,18,19);1,4-7,12-13H,2H2,(H2,16,17,18)(H2,10,11,14,15);3*1H4/t6?,7-,8-,9+;2*5?,6-,7-,8+;4?,5-,6-,7+;;;/m1111.../s1. The molecule has 0 spiro atoms. The van der Waals surface area contributed by atoms with Crippen molar-refractivity contribution in [1.82, 2.24) is 38.2 Å². The van der Waals surface area contributed by atoms with Crippen LogP contribution in [0.1, 0.15) is 68.9 Å². The number of phosphoric acid groups is 4. The summed E-state index contributed by atoms with van der Waals surface area (Å²) in [4.78, 5) is 170. The lowest BCUT2D eigenvalue weighted by Gasteiger charge is -2.16. The molecule has 0 aliphatic carbocycles. The summed E-state index contributed by atoms with van der Waals surface area (Å²) in [7, 11) is -13.8. The molecule has 4 saturated heterocycles. The third-order valence-electron chi connectivity index (χ3n) is 13.0. The summed E-state index contributed by atoms with van der Waals surface area (Å²) in [5.74, 6) is 0. The van der Waals surface area contributed by atoms with Crippen LogP contribution < -0.4 is 45.0 Å². The summed E-state index contributed by atoms with van der Waals surface area (Å²) in [5, 5.41) is 79.0. The SMILES string of the molecule is C.C.C.Cn1c(=O)[nH]cc([C@@H]2OC(COP(=O)(O)O)[C@@H](O)[C@H]2O)c1=O.Cn1cc([C@@H]2OC(COP(=O)(O)O)[C@@H](O)[C@H]2O)c(=O)[nH]c1=O.Cn1cc([C@@H]2OC(COP(=O)(O)O)[C@@H](O)[C@H]2O)c(=O)n(C)c1=O.O=c1[nH]cc([C@@H]2OC(COP(=O)(O)O)[C@@H](O)[C@H]2O)c(=O)[nH]1. The molecule has 0 radical (unpaired) electrons. The van der Waals surface area contributed by atoms with E-state index in [4.69, 9.17) is 58.1 Å². The van der Waals surface area contributed by atoms with Crippen LogP contribution in [0.25, 0.3) is 0 Å². The summed E-state index contributed by atoms with van der Waals surface area (Å²) < 4.78 is 84.1. The van der Waals surface area contributed by atoms with Gasteiger partial charge in [0.2, 0.25) is 0 Å². The minimum absolute atomic E-state index is 0. The summed E-state index contributed by atoms with van der Waals surface area (Å²) >= 11 is 0. The molecule has 91 heavy (non-hydrogen) atoms. The van der Waals surface area contributed by atoms with Gasteiger partial charge in [0.25, 0.3) is 22.2 Å². The van der Waals surface area contributed by atoms with Crippen LogP contribution in [0.4, 0.5) is 0 Å². The Hall–Kier alpha value is -5.32. The Balaban J connectivity index is 0.000000409. The Morgan fingerprint density at radius 2 is 0.714 bits per heavy atom. The van der Waals surface area contributed by atoms with E-state index in [-0.39, 0.29) is 44.5 Å². The number of phosphoric ester groups is 4. The summed E-state index contributed by atoms with van der Waals surface area (Å²) in [6.45, 7) is -2.71. The number of rotatable bonds is 16. The highest BCUT2D eigenvalue weighted by Gasteiger charge is 2.49. The van der Waals surface area contributed by atoms with Crippen LogP contribution >= 0.6 is 31.3 Å². The summed E-state index contributed by atoms with van der Waals surface area (Å²) in [5.41, 5.74) is -6.11. The fourth-order valence-electron chi connectivity index (χ4n) is 8.49. The molecule has 20 N–H and O–H groups in total. The summed E-state index contributed by atoms with van der Waals surface area (Å²) in [6, 6.07) is 0. The predicted octanol–water partition coefficient (Wildman–Crippen LogP) is -8.71. The van der Waals surface area contributed by atoms with Gasteiger partial charge < -0.3 is 118 Å². The zero-order valence-electron chi connectivity index (χ0n) is 45.3. The number of aliphatic hydroxyl groups excluding tert-OH is 8. The molecule has 0 amide bonds. The topological polar surface area (TPSA) is 685 Å². The third-order valence-corrected chi connectivity index (χ3v) is 14.9. The van der Waals surface area contributed by atoms with E-state index in [1.54, 1.807) is 0 Å². The van der Waals surface area contributed by atoms with Gasteiger partial charge in [-0.2, -0.15) is 0 Å². The van der Waals surface area contributed by atoms with Crippen LogP contribution in [0.2, 0.25) is 0 Å². The number of H-pyrrole nitrogens is 4. The van der Waals surface area contributed by atoms with Gasteiger partial charge in [-0.1, -0.05) is 22.3 Å². The minimum Gasteiger partial charge on any atom is -0.387 e. The third kappa shape index (κ3) is 21.3. The molecule has 0 aromatic carbocycles. The van der Waals surface area contributed by atoms with Gasteiger partial charge in [0.05, 0.1) is 48.7 Å². The van der Waals surface area contributed by atoms with Crippen molar-refractivity contribution in [2.75, 3.05) is 26.4 Å². The van der Waals surface area contributed by atoms with E-state index in [0.717, 1.165) is 36.9 Å². The van der Waals surface area contributed by atoms with E-state index < -0.39 is 200 Å². The number of hydrogen-bond acceptors (Lipinski definition) is 28. The molecule has 520 valence electrons. The Morgan fingerprint density at radius 1 is 0.407 bits per heavy atom. The molecule has 8 rings (SSSR count). The lowest BCUT2D eigenvalue weighted by molar-refractivity contribution is -0.0230. The van der Waals surface area contributed by atoms with E-state index >= 15 is 0 Å². The van der Waals surface area contributed by atoms with Gasteiger partial charge in [0.15, 0.2) is 0 Å². The first-order chi connectivity index (χ1) is 40.4. The Labute approximate surface area is 508 Å². The molecule has 4 unspecified atom stereocenters. The number of aromatic nitrogens is 8. The van der Waals surface area contributed by atoms with Crippen LogP contribution in [-0.2, 0) is 83.5 Å². The molecule has 4 fully saturated rings. The molecule has 44 nitrogen and oxygen atoms in total. The van der Waals surface area contributed by atoms with E-state index in [1.165, 1.54) is 34.4 Å². The maximum absolute atomic E-state index is 12.1. The van der Waals surface area contributed by atoms with Gasteiger partial charge >= 0.3 is 54.0 Å². The monoisotopic (exact) mass is 1400 g/mol. The Kier molecular flexibility index (Phi) is 29.4. The van der Waals surface area contributed by atoms with Crippen LogP contribution in [0, 0.1) is 0 Å². The molecule has 48 heteroatoms. The summed E-state index contributed by atoms with van der Waals surface area (Å²) in [6.07, 6.45) is -17.8. The van der Waals surface area contributed by atoms with Gasteiger partial charge in [0.1, 0.15) is 97.7 Å². The van der Waals surface area contributed by atoms with Gasteiger partial charge in [-0.05, 0) is 0 Å². The molecule has 8 heterocycles. The minimum atomic E-state index is -4.77. The van der Waals surface area contributed by atoms with Crippen LogP contribution in [-0.4, -0.2) is 218 Å². The highest BCUT2D eigenvalue weighted by atomic mass is 31.2. The van der Waals surface area contributed by atoms with Crippen molar-refractivity contribution < 1.29 is 135 Å². The molecule has 4 aliphatic rings. The van der Waals surface area contributed by atoms with E-state index in [9.17, 15) is 97.5 Å². The lowest BCUT2D eigenvalue weighted by atomic mass is 10.0. The molecule has 0 saturated carbocycles. The molecule has 16 atom stereocenters. The molecular formula is C43H72N8O36P4. The van der Waals surface area contributed by atoms with Crippen molar-refractivity contribution in [3.63, 3.8) is 0 Å². The van der Waals surface area contributed by atoms with Gasteiger partial charge in [0, 0.05) is 53.0 Å². The molecule has 4 aromatic heterocycles. The fourth-order valence-corrected chi connectivity index (χ4v) is 9.86. The second kappa shape index (κ2) is 32.7. The number of nitrogens with one attached hydrogen (secondary N) is 4. The predicted molar refractivity (Wildman–Crippen MR) is 300 cm³/mol. The maximum Gasteiger partial charge on any atom is 0.469 e. The second-order valence-corrected chi connectivity index (χ2v) is 24.1.